The van der Waals surface area contributed by atoms with Gasteiger partial charge >= 0.3 is 0 Å². The SMILES string of the molecule is CCC(Oc1ccccc1Cl)C(=O)NCC(F)(F)CN.Cl. The molecule has 0 radical (unpaired) electrons. The second kappa shape index (κ2) is 9.02. The van der Waals surface area contributed by atoms with Gasteiger partial charge in [0, 0.05) is 0 Å². The Labute approximate surface area is 133 Å². The second-order valence-corrected chi connectivity index (χ2v) is 4.63. The first kappa shape index (κ1) is 19.9. The molecular weight excluding hydrogens is 325 g/mol. The predicted octanol–water partition coefficient (Wildman–Crippen LogP) is 2.63. The number of alkyl halides is 2. The van der Waals surface area contributed by atoms with Gasteiger partial charge in [-0.05, 0) is 18.6 Å². The molecule has 4 nitrogen and oxygen atoms in total. The van der Waals surface area contributed by atoms with Crippen LogP contribution in [-0.4, -0.2) is 31.0 Å². The Hall–Kier alpha value is -1.11. The van der Waals surface area contributed by atoms with Gasteiger partial charge in [0.15, 0.2) is 6.10 Å². The third kappa shape index (κ3) is 6.46. The van der Waals surface area contributed by atoms with E-state index in [1.54, 1.807) is 31.2 Å². The van der Waals surface area contributed by atoms with Gasteiger partial charge in [-0.15, -0.1) is 12.4 Å². The molecule has 1 aromatic rings. The zero-order valence-electron chi connectivity index (χ0n) is 11.4. The highest BCUT2D eigenvalue weighted by Gasteiger charge is 2.29. The number of carbonyl (C=O) groups excluding carboxylic acids is 1. The number of amides is 1. The van der Waals surface area contributed by atoms with Crippen LogP contribution in [0.5, 0.6) is 5.75 Å². The number of ether oxygens (including phenoxy) is 1. The number of nitrogens with two attached hydrogens (primary N) is 1. The molecular formula is C13H18Cl2F2N2O2. The van der Waals surface area contributed by atoms with Crippen LogP contribution in [0.3, 0.4) is 0 Å². The molecule has 0 aromatic heterocycles. The molecule has 0 heterocycles. The smallest absolute Gasteiger partial charge is 0.277 e. The van der Waals surface area contributed by atoms with Gasteiger partial charge in [0.2, 0.25) is 0 Å². The zero-order valence-corrected chi connectivity index (χ0v) is 13.0. The van der Waals surface area contributed by atoms with Gasteiger partial charge in [0.05, 0.1) is 18.1 Å². The normalized spacial score (nSPS) is 12.2. The molecule has 8 heteroatoms. The molecule has 0 saturated heterocycles. The summed E-state index contributed by atoms with van der Waals surface area (Å²) >= 11 is 5.91. The number of halogens is 4. The van der Waals surface area contributed by atoms with Crippen molar-refractivity contribution in [1.82, 2.24) is 5.32 Å². The fourth-order valence-corrected chi connectivity index (χ4v) is 1.60. The zero-order chi connectivity index (χ0) is 15.2. The van der Waals surface area contributed by atoms with E-state index >= 15 is 0 Å². The van der Waals surface area contributed by atoms with E-state index in [2.05, 4.69) is 5.32 Å². The molecule has 120 valence electrons. The standard InChI is InChI=1S/C13H17ClF2N2O2.ClH/c1-2-10(12(19)18-8-13(15,16)7-17)20-11-6-4-3-5-9(11)14;/h3-6,10H,2,7-8,17H2,1H3,(H,18,19);1H. The molecule has 21 heavy (non-hydrogen) atoms. The Bertz CT molecular complexity index is 462. The highest BCUT2D eigenvalue weighted by atomic mass is 35.5. The van der Waals surface area contributed by atoms with Gasteiger partial charge in [0.1, 0.15) is 5.75 Å². The minimum atomic E-state index is -3.13. The van der Waals surface area contributed by atoms with E-state index in [1.807, 2.05) is 0 Å². The summed E-state index contributed by atoms with van der Waals surface area (Å²) in [6, 6.07) is 6.64. The molecule has 0 bridgehead atoms. The van der Waals surface area contributed by atoms with E-state index in [-0.39, 0.29) is 12.4 Å². The summed E-state index contributed by atoms with van der Waals surface area (Å²) in [6.45, 7) is 0.0717. The van der Waals surface area contributed by atoms with Crippen molar-refractivity contribution < 1.29 is 18.3 Å². The van der Waals surface area contributed by atoms with Crippen LogP contribution in [0.1, 0.15) is 13.3 Å². The molecule has 0 aliphatic carbocycles. The average Bonchev–Trinajstić information content (AvgIpc) is 2.44. The van der Waals surface area contributed by atoms with Gasteiger partial charge in [0.25, 0.3) is 11.8 Å². The lowest BCUT2D eigenvalue weighted by atomic mass is 10.2. The van der Waals surface area contributed by atoms with Crippen molar-refractivity contribution in [3.8, 4) is 5.75 Å². The van der Waals surface area contributed by atoms with Crippen molar-refractivity contribution >= 4 is 29.9 Å². The van der Waals surface area contributed by atoms with Crippen molar-refractivity contribution in [3.05, 3.63) is 29.3 Å². The van der Waals surface area contributed by atoms with Gasteiger partial charge in [-0.2, -0.15) is 0 Å². The maximum Gasteiger partial charge on any atom is 0.277 e. The van der Waals surface area contributed by atoms with E-state index in [9.17, 15) is 13.6 Å². The monoisotopic (exact) mass is 342 g/mol. The van der Waals surface area contributed by atoms with Crippen LogP contribution in [0.2, 0.25) is 5.02 Å². The summed E-state index contributed by atoms with van der Waals surface area (Å²) in [7, 11) is 0. The summed E-state index contributed by atoms with van der Waals surface area (Å²) in [5.74, 6) is -3.42. The van der Waals surface area contributed by atoms with E-state index < -0.39 is 31.0 Å². The van der Waals surface area contributed by atoms with Crippen molar-refractivity contribution in [3.63, 3.8) is 0 Å². The number of carbonyl (C=O) groups is 1. The quantitative estimate of drug-likeness (QED) is 0.800. The number of hydrogen-bond donors (Lipinski definition) is 2. The molecule has 1 amide bonds. The summed E-state index contributed by atoms with van der Waals surface area (Å²) in [6.07, 6.45) is -0.561. The molecule has 0 aliphatic heterocycles. The number of hydrogen-bond acceptors (Lipinski definition) is 3. The maximum atomic E-state index is 13.0. The Kier molecular flexibility index (Phi) is 8.54. The highest BCUT2D eigenvalue weighted by molar-refractivity contribution is 6.32. The molecule has 1 atom stereocenters. The lowest BCUT2D eigenvalue weighted by Gasteiger charge is -2.20. The van der Waals surface area contributed by atoms with Crippen molar-refractivity contribution in [2.45, 2.75) is 25.4 Å². The fourth-order valence-electron chi connectivity index (χ4n) is 1.42. The minimum Gasteiger partial charge on any atom is -0.479 e. The minimum absolute atomic E-state index is 0. The van der Waals surface area contributed by atoms with Crippen LogP contribution >= 0.6 is 24.0 Å². The third-order valence-electron chi connectivity index (χ3n) is 2.59. The van der Waals surface area contributed by atoms with Crippen LogP contribution in [0.15, 0.2) is 24.3 Å². The van der Waals surface area contributed by atoms with E-state index in [1.165, 1.54) is 0 Å². The topological polar surface area (TPSA) is 64.3 Å². The van der Waals surface area contributed by atoms with Crippen LogP contribution in [0.4, 0.5) is 8.78 Å². The fraction of sp³-hybridized carbons (Fsp3) is 0.462. The van der Waals surface area contributed by atoms with E-state index in [0.717, 1.165) is 0 Å². The maximum absolute atomic E-state index is 13.0. The number of benzene rings is 1. The molecule has 1 aromatic carbocycles. The van der Waals surface area contributed by atoms with Crippen LogP contribution in [-0.2, 0) is 4.79 Å². The molecule has 0 spiro atoms. The summed E-state index contributed by atoms with van der Waals surface area (Å²) in [5.41, 5.74) is 4.89. The summed E-state index contributed by atoms with van der Waals surface area (Å²) < 4.78 is 31.4. The largest absolute Gasteiger partial charge is 0.479 e. The lowest BCUT2D eigenvalue weighted by molar-refractivity contribution is -0.129. The van der Waals surface area contributed by atoms with Gasteiger partial charge < -0.3 is 15.8 Å². The molecule has 0 saturated carbocycles. The first-order valence-electron chi connectivity index (χ1n) is 6.16. The Morgan fingerprint density at radius 3 is 2.62 bits per heavy atom. The predicted molar refractivity (Wildman–Crippen MR) is 80.4 cm³/mol. The van der Waals surface area contributed by atoms with Gasteiger partial charge in [-0.3, -0.25) is 4.79 Å². The van der Waals surface area contributed by atoms with E-state index in [0.29, 0.717) is 17.2 Å². The molecule has 3 N–H and O–H groups in total. The molecule has 1 rings (SSSR count). The van der Waals surface area contributed by atoms with Crippen LogP contribution in [0.25, 0.3) is 0 Å². The highest BCUT2D eigenvalue weighted by Crippen LogP contribution is 2.24. The van der Waals surface area contributed by atoms with Crippen molar-refractivity contribution in [1.29, 1.82) is 0 Å². The van der Waals surface area contributed by atoms with Crippen molar-refractivity contribution in [2.24, 2.45) is 5.73 Å². The van der Waals surface area contributed by atoms with E-state index in [4.69, 9.17) is 22.1 Å². The van der Waals surface area contributed by atoms with Gasteiger partial charge in [-0.25, -0.2) is 8.78 Å². The molecule has 0 fully saturated rings. The first-order chi connectivity index (χ1) is 9.39. The summed E-state index contributed by atoms with van der Waals surface area (Å²) in [4.78, 5) is 11.8. The average molecular weight is 343 g/mol. The third-order valence-corrected chi connectivity index (χ3v) is 2.90. The number of rotatable bonds is 7. The molecule has 1 unspecified atom stereocenters. The molecule has 0 aliphatic rings. The lowest BCUT2D eigenvalue weighted by Crippen LogP contribution is -2.46. The summed E-state index contributed by atoms with van der Waals surface area (Å²) in [5, 5.41) is 2.48. The Morgan fingerprint density at radius 1 is 1.48 bits per heavy atom. The van der Waals surface area contributed by atoms with Gasteiger partial charge in [-0.1, -0.05) is 30.7 Å². The Morgan fingerprint density at radius 2 is 2.10 bits per heavy atom. The van der Waals surface area contributed by atoms with Crippen molar-refractivity contribution in [2.75, 3.05) is 13.1 Å². The number of nitrogens with one attached hydrogen (secondary N) is 1. The first-order valence-corrected chi connectivity index (χ1v) is 6.54. The second-order valence-electron chi connectivity index (χ2n) is 4.22. The van der Waals surface area contributed by atoms with Crippen LogP contribution in [0, 0.1) is 0 Å². The number of para-hydroxylation sites is 1. The Balaban J connectivity index is 0.00000400. The van der Waals surface area contributed by atoms with Crippen LogP contribution < -0.4 is 15.8 Å².